The average molecular weight is 522 g/mol. The number of hydrogen-bond acceptors (Lipinski definition) is 6. The maximum absolute atomic E-state index is 12.8. The summed E-state index contributed by atoms with van der Waals surface area (Å²) < 4.78 is 13.4. The summed E-state index contributed by atoms with van der Waals surface area (Å²) in [5.41, 5.74) is 3.82. The molecule has 0 fully saturated rings. The zero-order valence-electron chi connectivity index (χ0n) is 19.0. The van der Waals surface area contributed by atoms with E-state index in [-0.39, 0.29) is 6.67 Å². The Morgan fingerprint density at radius 2 is 2.00 bits per heavy atom. The standard InChI is InChI=1S/C24H33BrFN5O2/c25-20-16-27-17-28-23(20)30-22(24(32)33)11-15-31(14-5-12-26)13-4-3-7-19-10-9-18-6-1-2-8-21(18)29-19/h9-10,16-17,22H,1-8,11-15H2,(H,32,33)(H,27,28,30)/t22-/m0/s1. The summed E-state index contributed by atoms with van der Waals surface area (Å²) in [7, 11) is 0. The van der Waals surface area contributed by atoms with Crippen LogP contribution in [0.3, 0.4) is 0 Å². The molecule has 0 radical (unpaired) electrons. The molecule has 0 aromatic carbocycles. The molecule has 2 heterocycles. The Balaban J connectivity index is 1.47. The monoisotopic (exact) mass is 521 g/mol. The van der Waals surface area contributed by atoms with E-state index in [4.69, 9.17) is 4.98 Å². The van der Waals surface area contributed by atoms with Gasteiger partial charge in [0.1, 0.15) is 18.2 Å². The van der Waals surface area contributed by atoms with Crippen LogP contribution in [-0.4, -0.2) is 63.3 Å². The minimum absolute atomic E-state index is 0.371. The first-order valence-corrected chi connectivity index (χ1v) is 12.6. The summed E-state index contributed by atoms with van der Waals surface area (Å²) in [4.78, 5) is 26.8. The molecule has 0 saturated heterocycles. The molecule has 2 N–H and O–H groups in total. The van der Waals surface area contributed by atoms with E-state index >= 15 is 0 Å². The fourth-order valence-corrected chi connectivity index (χ4v) is 4.51. The number of aromatic nitrogens is 3. The fraction of sp³-hybridized carbons (Fsp3) is 0.583. The number of pyridine rings is 1. The van der Waals surface area contributed by atoms with Crippen LogP contribution in [0.25, 0.3) is 0 Å². The number of rotatable bonds is 14. The fourth-order valence-electron chi connectivity index (χ4n) is 4.18. The minimum Gasteiger partial charge on any atom is -0.480 e. The van der Waals surface area contributed by atoms with Crippen molar-refractivity contribution < 1.29 is 14.3 Å². The van der Waals surface area contributed by atoms with Crippen molar-refractivity contribution in [3.05, 3.63) is 46.1 Å². The molecular weight excluding hydrogens is 489 g/mol. The van der Waals surface area contributed by atoms with Crippen LogP contribution in [0.5, 0.6) is 0 Å². The van der Waals surface area contributed by atoms with E-state index in [0.717, 1.165) is 44.3 Å². The second kappa shape index (κ2) is 13.5. The number of carboxylic acid groups (broad SMARTS) is 1. The van der Waals surface area contributed by atoms with Gasteiger partial charge in [-0.3, -0.25) is 9.37 Å². The lowest BCUT2D eigenvalue weighted by molar-refractivity contribution is -0.138. The number of aryl methyl sites for hydroxylation is 3. The van der Waals surface area contributed by atoms with Crippen molar-refractivity contribution >= 4 is 27.7 Å². The van der Waals surface area contributed by atoms with Crippen molar-refractivity contribution in [2.24, 2.45) is 0 Å². The van der Waals surface area contributed by atoms with Crippen molar-refractivity contribution in [1.82, 2.24) is 19.9 Å². The first kappa shape index (κ1) is 25.5. The number of halogens is 2. The van der Waals surface area contributed by atoms with Gasteiger partial charge in [0.25, 0.3) is 0 Å². The predicted molar refractivity (Wildman–Crippen MR) is 130 cm³/mol. The summed E-state index contributed by atoms with van der Waals surface area (Å²) in [6.45, 7) is 1.64. The number of anilines is 1. The molecule has 3 rings (SSSR count). The van der Waals surface area contributed by atoms with Crippen molar-refractivity contribution in [3.63, 3.8) is 0 Å². The highest BCUT2D eigenvalue weighted by atomic mass is 79.9. The van der Waals surface area contributed by atoms with E-state index in [1.54, 1.807) is 6.20 Å². The normalized spacial score (nSPS) is 14.2. The van der Waals surface area contributed by atoms with Crippen LogP contribution in [0.1, 0.15) is 55.5 Å². The lowest BCUT2D eigenvalue weighted by Gasteiger charge is -2.24. The van der Waals surface area contributed by atoms with Gasteiger partial charge in [0.05, 0.1) is 11.1 Å². The number of carbonyl (C=O) groups is 1. The van der Waals surface area contributed by atoms with Crippen LogP contribution in [0.15, 0.2) is 29.1 Å². The molecule has 0 aliphatic heterocycles. The third-order valence-corrected chi connectivity index (χ3v) is 6.59. The van der Waals surface area contributed by atoms with Crippen LogP contribution < -0.4 is 5.32 Å². The highest BCUT2D eigenvalue weighted by Crippen LogP contribution is 2.21. The number of nitrogens with zero attached hydrogens (tertiary/aromatic N) is 4. The summed E-state index contributed by atoms with van der Waals surface area (Å²) >= 11 is 3.33. The largest absolute Gasteiger partial charge is 0.480 e. The summed E-state index contributed by atoms with van der Waals surface area (Å²) in [5.74, 6) is -0.491. The van der Waals surface area contributed by atoms with E-state index < -0.39 is 12.0 Å². The van der Waals surface area contributed by atoms with Gasteiger partial charge in [0.2, 0.25) is 0 Å². The number of alkyl halides is 1. The molecule has 1 aliphatic rings. The molecule has 0 unspecified atom stereocenters. The Labute approximate surface area is 203 Å². The van der Waals surface area contributed by atoms with E-state index in [1.165, 1.54) is 30.4 Å². The van der Waals surface area contributed by atoms with E-state index in [2.05, 4.69) is 48.2 Å². The van der Waals surface area contributed by atoms with Gasteiger partial charge in [-0.15, -0.1) is 0 Å². The van der Waals surface area contributed by atoms with Crippen LogP contribution in [0.2, 0.25) is 0 Å². The quantitative estimate of drug-likeness (QED) is 0.354. The molecule has 2 aromatic heterocycles. The zero-order chi connectivity index (χ0) is 23.5. The minimum atomic E-state index is -0.940. The van der Waals surface area contributed by atoms with E-state index in [9.17, 15) is 14.3 Å². The Kier molecular flexibility index (Phi) is 10.5. The van der Waals surface area contributed by atoms with Crippen LogP contribution >= 0.6 is 15.9 Å². The topological polar surface area (TPSA) is 91.2 Å². The molecule has 1 atom stereocenters. The molecule has 7 nitrogen and oxygen atoms in total. The van der Waals surface area contributed by atoms with Crippen LogP contribution in [0, 0.1) is 0 Å². The van der Waals surface area contributed by atoms with Gasteiger partial charge in [-0.05, 0) is 91.9 Å². The van der Waals surface area contributed by atoms with Gasteiger partial charge in [-0.25, -0.2) is 14.8 Å². The number of carboxylic acids is 1. The SMILES string of the molecule is O=C(O)[C@H](CCN(CCCF)CCCCc1ccc2c(n1)CCCC2)Nc1ncncc1Br. The molecule has 33 heavy (non-hydrogen) atoms. The predicted octanol–water partition coefficient (Wildman–Crippen LogP) is 4.45. The van der Waals surface area contributed by atoms with Crippen LogP contribution in [0.4, 0.5) is 10.2 Å². The number of nitrogens with one attached hydrogen (secondary N) is 1. The van der Waals surface area contributed by atoms with E-state index in [1.807, 2.05) is 0 Å². The summed E-state index contributed by atoms with van der Waals surface area (Å²) in [6, 6.07) is 3.60. The Bertz CT molecular complexity index is 901. The summed E-state index contributed by atoms with van der Waals surface area (Å²) in [5, 5.41) is 12.6. The zero-order valence-corrected chi connectivity index (χ0v) is 20.6. The highest BCUT2D eigenvalue weighted by Gasteiger charge is 2.20. The lowest BCUT2D eigenvalue weighted by atomic mass is 9.95. The van der Waals surface area contributed by atoms with Gasteiger partial charge in [0, 0.05) is 30.7 Å². The molecule has 0 bridgehead atoms. The van der Waals surface area contributed by atoms with Crippen molar-refractivity contribution in [2.75, 3.05) is 31.6 Å². The van der Waals surface area contributed by atoms with Gasteiger partial charge in [-0.1, -0.05) is 6.07 Å². The third-order valence-electron chi connectivity index (χ3n) is 6.01. The molecule has 0 saturated carbocycles. The molecular formula is C24H33BrFN5O2. The van der Waals surface area contributed by atoms with Gasteiger partial charge in [-0.2, -0.15) is 0 Å². The van der Waals surface area contributed by atoms with Gasteiger partial charge in [0.15, 0.2) is 0 Å². The molecule has 9 heteroatoms. The maximum atomic E-state index is 12.8. The van der Waals surface area contributed by atoms with Crippen LogP contribution in [-0.2, 0) is 24.1 Å². The summed E-state index contributed by atoms with van der Waals surface area (Å²) in [6.07, 6.45) is 11.4. The third kappa shape index (κ3) is 8.30. The van der Waals surface area contributed by atoms with Gasteiger partial charge < -0.3 is 15.3 Å². The molecule has 2 aromatic rings. The second-order valence-electron chi connectivity index (χ2n) is 8.50. The number of hydrogen-bond donors (Lipinski definition) is 2. The van der Waals surface area contributed by atoms with Crippen molar-refractivity contribution in [3.8, 4) is 0 Å². The van der Waals surface area contributed by atoms with Crippen molar-refractivity contribution in [2.45, 2.75) is 63.8 Å². The lowest BCUT2D eigenvalue weighted by Crippen LogP contribution is -2.36. The van der Waals surface area contributed by atoms with Crippen molar-refractivity contribution in [1.29, 1.82) is 0 Å². The first-order valence-electron chi connectivity index (χ1n) is 11.8. The highest BCUT2D eigenvalue weighted by molar-refractivity contribution is 9.10. The maximum Gasteiger partial charge on any atom is 0.326 e. The number of aliphatic carboxylic acids is 1. The first-order chi connectivity index (χ1) is 16.1. The second-order valence-corrected chi connectivity index (χ2v) is 9.35. The number of unbranched alkanes of at least 4 members (excludes halogenated alkanes) is 1. The number of fused-ring (bicyclic) bond motifs is 1. The average Bonchev–Trinajstić information content (AvgIpc) is 2.82. The Morgan fingerprint density at radius 1 is 1.18 bits per heavy atom. The molecule has 1 aliphatic carbocycles. The molecule has 0 spiro atoms. The smallest absolute Gasteiger partial charge is 0.326 e. The Morgan fingerprint density at radius 3 is 2.79 bits per heavy atom. The Hall–Kier alpha value is -2.13. The van der Waals surface area contributed by atoms with E-state index in [0.29, 0.717) is 36.2 Å². The van der Waals surface area contributed by atoms with Gasteiger partial charge >= 0.3 is 5.97 Å². The molecule has 0 amide bonds. The molecule has 180 valence electrons.